The smallest absolute Gasteiger partial charge is 0.147 e. The average Bonchev–Trinajstić information content (AvgIpc) is 2.34. The van der Waals surface area contributed by atoms with E-state index in [0.717, 1.165) is 36.2 Å². The summed E-state index contributed by atoms with van der Waals surface area (Å²) in [6.45, 7) is 7.37. The van der Waals surface area contributed by atoms with Crippen molar-refractivity contribution in [2.24, 2.45) is 5.92 Å². The molecule has 0 amide bonds. The van der Waals surface area contributed by atoms with Crippen molar-refractivity contribution in [2.45, 2.75) is 26.7 Å². The van der Waals surface area contributed by atoms with Gasteiger partial charge in [0.2, 0.25) is 0 Å². The molecule has 1 atom stereocenters. The highest BCUT2D eigenvalue weighted by atomic mass is 15.2. The summed E-state index contributed by atoms with van der Waals surface area (Å²) in [5.41, 5.74) is 2.04. The maximum atomic E-state index is 4.58. The number of nitrogens with one attached hydrogen (secondary N) is 1. The van der Waals surface area contributed by atoms with E-state index >= 15 is 0 Å². The Morgan fingerprint density at radius 1 is 1.41 bits per heavy atom. The van der Waals surface area contributed by atoms with E-state index in [1.807, 2.05) is 20.0 Å². The molecule has 0 radical (unpaired) electrons. The predicted octanol–water partition coefficient (Wildman–Crippen LogP) is 1.53. The Morgan fingerprint density at radius 3 is 2.88 bits per heavy atom. The van der Waals surface area contributed by atoms with Crippen LogP contribution in [0.15, 0.2) is 6.20 Å². The molecule has 2 rings (SSSR count). The fourth-order valence-electron chi connectivity index (χ4n) is 2.27. The molecule has 1 unspecified atom stereocenters. The van der Waals surface area contributed by atoms with Gasteiger partial charge in [0.15, 0.2) is 0 Å². The molecular formula is C13H22N4. The van der Waals surface area contributed by atoms with E-state index in [4.69, 9.17) is 0 Å². The average molecular weight is 234 g/mol. The fraction of sp³-hybridized carbons (Fsp3) is 0.692. The monoisotopic (exact) mass is 234 g/mol. The number of hydrogen-bond donors (Lipinski definition) is 1. The van der Waals surface area contributed by atoms with Gasteiger partial charge < -0.3 is 10.2 Å². The number of nitrogens with zero attached hydrogens (tertiary/aromatic N) is 3. The Morgan fingerprint density at radius 2 is 2.24 bits per heavy atom. The minimum Gasteiger partial charge on any atom is -0.358 e. The molecule has 0 spiro atoms. The van der Waals surface area contributed by atoms with Crippen molar-refractivity contribution in [3.05, 3.63) is 17.6 Å². The van der Waals surface area contributed by atoms with Crippen molar-refractivity contribution in [3.8, 4) is 0 Å². The molecule has 4 heteroatoms. The van der Waals surface area contributed by atoms with Crippen LogP contribution in [-0.4, -0.2) is 36.6 Å². The Labute approximate surface area is 103 Å². The molecular weight excluding hydrogens is 212 g/mol. The number of anilines is 1. The summed E-state index contributed by atoms with van der Waals surface area (Å²) < 4.78 is 0. The van der Waals surface area contributed by atoms with Gasteiger partial charge >= 0.3 is 0 Å². The first kappa shape index (κ1) is 12.3. The molecule has 1 fully saturated rings. The lowest BCUT2D eigenvalue weighted by Gasteiger charge is -2.28. The van der Waals surface area contributed by atoms with Gasteiger partial charge in [-0.15, -0.1) is 0 Å². The minimum absolute atomic E-state index is 0.733. The van der Waals surface area contributed by atoms with Crippen LogP contribution in [-0.2, 0) is 0 Å². The lowest BCUT2D eigenvalue weighted by Crippen LogP contribution is -2.37. The Balaban J connectivity index is 1.98. The first-order chi connectivity index (χ1) is 8.16. The van der Waals surface area contributed by atoms with E-state index < -0.39 is 0 Å². The number of rotatable bonds is 3. The van der Waals surface area contributed by atoms with E-state index in [2.05, 4.69) is 27.2 Å². The number of hydrogen-bond acceptors (Lipinski definition) is 4. The molecule has 1 N–H and O–H groups in total. The minimum atomic E-state index is 0.733. The first-order valence-corrected chi connectivity index (χ1v) is 6.39. The maximum Gasteiger partial charge on any atom is 0.147 e. The molecule has 94 valence electrons. The van der Waals surface area contributed by atoms with Crippen LogP contribution in [0.2, 0.25) is 0 Å². The Hall–Kier alpha value is -1.16. The van der Waals surface area contributed by atoms with Gasteiger partial charge in [-0.3, -0.25) is 4.98 Å². The van der Waals surface area contributed by atoms with Gasteiger partial charge in [-0.2, -0.15) is 0 Å². The van der Waals surface area contributed by atoms with Crippen molar-refractivity contribution in [1.82, 2.24) is 15.3 Å². The third-order valence-electron chi connectivity index (χ3n) is 3.50. The van der Waals surface area contributed by atoms with E-state index in [1.54, 1.807) is 0 Å². The second-order valence-corrected chi connectivity index (χ2v) is 4.99. The van der Waals surface area contributed by atoms with Crippen LogP contribution in [0.4, 0.5) is 5.82 Å². The van der Waals surface area contributed by atoms with Gasteiger partial charge in [-0.1, -0.05) is 0 Å². The van der Waals surface area contributed by atoms with Gasteiger partial charge in [0, 0.05) is 13.6 Å². The molecule has 1 aromatic heterocycles. The standard InChI is InChI=1S/C13H22N4/c1-10-11(2)16-13(8-15-10)17(3)9-12-5-4-6-14-7-12/h8,12,14H,4-7,9H2,1-3H3. The molecule has 1 saturated heterocycles. The molecule has 0 aromatic carbocycles. The Kier molecular flexibility index (Phi) is 3.94. The molecule has 1 aromatic rings. The summed E-state index contributed by atoms with van der Waals surface area (Å²) in [4.78, 5) is 11.2. The summed E-state index contributed by atoms with van der Waals surface area (Å²) in [6, 6.07) is 0. The van der Waals surface area contributed by atoms with Crippen molar-refractivity contribution in [3.63, 3.8) is 0 Å². The highest BCUT2D eigenvalue weighted by Crippen LogP contribution is 2.15. The van der Waals surface area contributed by atoms with Gasteiger partial charge in [-0.05, 0) is 45.7 Å². The maximum absolute atomic E-state index is 4.58. The zero-order chi connectivity index (χ0) is 12.3. The highest BCUT2D eigenvalue weighted by molar-refractivity contribution is 5.36. The third kappa shape index (κ3) is 3.16. The molecule has 17 heavy (non-hydrogen) atoms. The third-order valence-corrected chi connectivity index (χ3v) is 3.50. The topological polar surface area (TPSA) is 41.1 Å². The van der Waals surface area contributed by atoms with Gasteiger partial charge in [0.1, 0.15) is 5.82 Å². The molecule has 2 heterocycles. The predicted molar refractivity (Wildman–Crippen MR) is 70.4 cm³/mol. The lowest BCUT2D eigenvalue weighted by atomic mass is 9.99. The summed E-state index contributed by atoms with van der Waals surface area (Å²) in [6.07, 6.45) is 4.48. The fourth-order valence-corrected chi connectivity index (χ4v) is 2.27. The van der Waals surface area contributed by atoms with E-state index in [0.29, 0.717) is 0 Å². The second-order valence-electron chi connectivity index (χ2n) is 4.99. The van der Waals surface area contributed by atoms with Gasteiger partial charge in [0.25, 0.3) is 0 Å². The van der Waals surface area contributed by atoms with Crippen LogP contribution in [0.1, 0.15) is 24.2 Å². The zero-order valence-corrected chi connectivity index (χ0v) is 11.0. The van der Waals surface area contributed by atoms with Gasteiger partial charge in [0.05, 0.1) is 17.6 Å². The van der Waals surface area contributed by atoms with Crippen molar-refractivity contribution >= 4 is 5.82 Å². The zero-order valence-electron chi connectivity index (χ0n) is 11.0. The summed E-state index contributed by atoms with van der Waals surface area (Å²) in [5, 5.41) is 3.45. The van der Waals surface area contributed by atoms with Crippen LogP contribution in [0.25, 0.3) is 0 Å². The molecule has 0 aliphatic carbocycles. The summed E-state index contributed by atoms with van der Waals surface area (Å²) >= 11 is 0. The number of aryl methyl sites for hydroxylation is 2. The van der Waals surface area contributed by atoms with Crippen LogP contribution in [0, 0.1) is 19.8 Å². The molecule has 1 aliphatic rings. The SMILES string of the molecule is Cc1ncc(N(C)CC2CCCNC2)nc1C. The summed E-state index contributed by atoms with van der Waals surface area (Å²) in [7, 11) is 2.10. The Bertz CT molecular complexity index is 372. The van der Waals surface area contributed by atoms with Gasteiger partial charge in [-0.25, -0.2) is 4.98 Å². The van der Waals surface area contributed by atoms with Crippen LogP contribution < -0.4 is 10.2 Å². The quantitative estimate of drug-likeness (QED) is 0.861. The molecule has 1 aliphatic heterocycles. The van der Waals surface area contributed by atoms with Crippen molar-refractivity contribution in [1.29, 1.82) is 0 Å². The highest BCUT2D eigenvalue weighted by Gasteiger charge is 2.16. The number of piperidine rings is 1. The molecule has 0 saturated carbocycles. The first-order valence-electron chi connectivity index (χ1n) is 6.39. The second kappa shape index (κ2) is 5.45. The van der Waals surface area contributed by atoms with Crippen LogP contribution >= 0.6 is 0 Å². The van der Waals surface area contributed by atoms with E-state index in [9.17, 15) is 0 Å². The van der Waals surface area contributed by atoms with Crippen molar-refractivity contribution < 1.29 is 0 Å². The molecule has 0 bridgehead atoms. The molecule has 4 nitrogen and oxygen atoms in total. The van der Waals surface area contributed by atoms with Crippen molar-refractivity contribution in [2.75, 3.05) is 31.6 Å². The van der Waals surface area contributed by atoms with Crippen LogP contribution in [0.5, 0.6) is 0 Å². The number of aromatic nitrogens is 2. The van der Waals surface area contributed by atoms with E-state index in [-0.39, 0.29) is 0 Å². The van der Waals surface area contributed by atoms with Crippen LogP contribution in [0.3, 0.4) is 0 Å². The van der Waals surface area contributed by atoms with E-state index in [1.165, 1.54) is 19.4 Å². The summed E-state index contributed by atoms with van der Waals surface area (Å²) in [5.74, 6) is 1.72. The largest absolute Gasteiger partial charge is 0.358 e. The normalized spacial score (nSPS) is 20.3. The lowest BCUT2D eigenvalue weighted by molar-refractivity contribution is 0.380.